The second-order valence-electron chi connectivity index (χ2n) is 6.57. The van der Waals surface area contributed by atoms with Gasteiger partial charge in [0.05, 0.1) is 30.5 Å². The lowest BCUT2D eigenvalue weighted by molar-refractivity contribution is 0.102. The maximum atomic E-state index is 12.1. The van der Waals surface area contributed by atoms with Crippen LogP contribution in [0.3, 0.4) is 0 Å². The number of carbonyl (C=O) groups is 1. The number of thiophene rings is 1. The van der Waals surface area contributed by atoms with Crippen LogP contribution in [-0.2, 0) is 0 Å². The number of nitrogens with two attached hydrogens (primary N) is 1. The summed E-state index contributed by atoms with van der Waals surface area (Å²) in [4.78, 5) is 18.2. The number of ketones is 1. The quantitative estimate of drug-likeness (QED) is 0.449. The SMILES string of the molecule is COc1ccc(OC)c(-c2cc(-c3ccccc3)c3c(N)c(C(C)=O)sc3n2)c1. The highest BCUT2D eigenvalue weighted by Gasteiger charge is 2.20. The largest absolute Gasteiger partial charge is 0.497 e. The highest BCUT2D eigenvalue weighted by Crippen LogP contribution is 2.43. The number of anilines is 1. The lowest BCUT2D eigenvalue weighted by atomic mass is 9.99. The van der Waals surface area contributed by atoms with Crippen molar-refractivity contribution in [2.75, 3.05) is 20.0 Å². The second-order valence-corrected chi connectivity index (χ2v) is 7.57. The molecule has 2 aromatic carbocycles. The fourth-order valence-electron chi connectivity index (χ4n) is 3.38. The van der Waals surface area contributed by atoms with E-state index in [2.05, 4.69) is 0 Å². The fourth-order valence-corrected chi connectivity index (χ4v) is 4.40. The van der Waals surface area contributed by atoms with Crippen molar-refractivity contribution in [3.8, 4) is 33.9 Å². The van der Waals surface area contributed by atoms with E-state index < -0.39 is 0 Å². The van der Waals surface area contributed by atoms with E-state index in [0.717, 1.165) is 27.8 Å². The summed E-state index contributed by atoms with van der Waals surface area (Å²) in [7, 11) is 3.25. The summed E-state index contributed by atoms with van der Waals surface area (Å²) in [5.41, 5.74) is 10.3. The maximum Gasteiger partial charge on any atom is 0.171 e. The molecule has 6 heteroatoms. The van der Waals surface area contributed by atoms with Crippen molar-refractivity contribution in [3.63, 3.8) is 0 Å². The molecular formula is C23H20N2O3S. The predicted octanol–water partition coefficient (Wildman–Crippen LogP) is 5.43. The number of hydrogen-bond donors (Lipinski definition) is 1. The van der Waals surface area contributed by atoms with E-state index >= 15 is 0 Å². The van der Waals surface area contributed by atoms with Gasteiger partial charge in [0.25, 0.3) is 0 Å². The number of aromatic nitrogens is 1. The first-order chi connectivity index (χ1) is 14.0. The van der Waals surface area contributed by atoms with Gasteiger partial charge < -0.3 is 15.2 Å². The monoisotopic (exact) mass is 404 g/mol. The number of nitrogen functional groups attached to an aromatic ring is 1. The molecule has 29 heavy (non-hydrogen) atoms. The molecule has 0 fully saturated rings. The Labute approximate surface area is 172 Å². The highest BCUT2D eigenvalue weighted by molar-refractivity contribution is 7.21. The zero-order valence-electron chi connectivity index (χ0n) is 16.4. The molecule has 0 unspecified atom stereocenters. The summed E-state index contributed by atoms with van der Waals surface area (Å²) < 4.78 is 10.9. The lowest BCUT2D eigenvalue weighted by Gasteiger charge is -2.12. The standard InChI is InChI=1S/C23H20N2O3S/c1-13(26)22-21(24)20-16(14-7-5-4-6-8-14)12-18(25-23(20)29-22)17-11-15(27-2)9-10-19(17)28-3/h4-12H,24H2,1-3H3. The van der Waals surface area contributed by atoms with E-state index in [9.17, 15) is 4.79 Å². The topological polar surface area (TPSA) is 74.4 Å². The molecule has 4 rings (SSSR count). The van der Waals surface area contributed by atoms with E-state index in [0.29, 0.717) is 26.9 Å². The Morgan fingerprint density at radius 2 is 1.76 bits per heavy atom. The average molecular weight is 404 g/mol. The van der Waals surface area contributed by atoms with E-state index in [4.69, 9.17) is 20.2 Å². The molecule has 0 aliphatic heterocycles. The van der Waals surface area contributed by atoms with Gasteiger partial charge in [-0.15, -0.1) is 11.3 Å². The molecule has 5 nitrogen and oxygen atoms in total. The van der Waals surface area contributed by atoms with Gasteiger partial charge in [0, 0.05) is 17.9 Å². The lowest BCUT2D eigenvalue weighted by Crippen LogP contribution is -1.96. The van der Waals surface area contributed by atoms with Crippen LogP contribution in [0.15, 0.2) is 54.6 Å². The molecule has 0 spiro atoms. The highest BCUT2D eigenvalue weighted by atomic mass is 32.1. The predicted molar refractivity (Wildman–Crippen MR) is 118 cm³/mol. The number of rotatable bonds is 5. The van der Waals surface area contributed by atoms with Gasteiger partial charge in [-0.3, -0.25) is 4.79 Å². The van der Waals surface area contributed by atoms with E-state index in [1.807, 2.05) is 54.6 Å². The smallest absolute Gasteiger partial charge is 0.171 e. The summed E-state index contributed by atoms with van der Waals surface area (Å²) in [5, 5.41) is 0.803. The normalized spacial score (nSPS) is 10.9. The molecule has 2 aromatic heterocycles. The number of Topliss-reactive ketones (excluding diaryl/α,β-unsaturated/α-hetero) is 1. The minimum atomic E-state index is -0.0648. The van der Waals surface area contributed by atoms with Crippen molar-refractivity contribution < 1.29 is 14.3 Å². The molecule has 0 amide bonds. The number of nitrogens with zero attached hydrogens (tertiary/aromatic N) is 1. The Morgan fingerprint density at radius 3 is 2.41 bits per heavy atom. The van der Waals surface area contributed by atoms with Crippen molar-refractivity contribution in [3.05, 3.63) is 59.5 Å². The summed E-state index contributed by atoms with van der Waals surface area (Å²) in [5.74, 6) is 1.33. The van der Waals surface area contributed by atoms with Gasteiger partial charge in [0.2, 0.25) is 0 Å². The summed E-state index contributed by atoms with van der Waals surface area (Å²) in [6.07, 6.45) is 0. The number of pyridine rings is 1. The number of benzene rings is 2. The van der Waals surface area contributed by atoms with Gasteiger partial charge >= 0.3 is 0 Å². The first-order valence-corrected chi connectivity index (χ1v) is 9.87. The van der Waals surface area contributed by atoms with E-state index in [1.54, 1.807) is 14.2 Å². The van der Waals surface area contributed by atoms with Crippen molar-refractivity contribution in [1.82, 2.24) is 4.98 Å². The van der Waals surface area contributed by atoms with Crippen LogP contribution in [0, 0.1) is 0 Å². The fraction of sp³-hybridized carbons (Fsp3) is 0.130. The summed E-state index contributed by atoms with van der Waals surface area (Å²) >= 11 is 1.32. The Bertz CT molecular complexity index is 1220. The van der Waals surface area contributed by atoms with E-state index in [1.165, 1.54) is 18.3 Å². The molecule has 0 aliphatic rings. The number of fused-ring (bicyclic) bond motifs is 1. The summed E-state index contributed by atoms with van der Waals surface area (Å²) in [6.45, 7) is 1.52. The van der Waals surface area contributed by atoms with Crippen LogP contribution < -0.4 is 15.2 Å². The molecular weight excluding hydrogens is 384 g/mol. The second kappa shape index (κ2) is 7.56. The Balaban J connectivity index is 2.07. The molecule has 0 atom stereocenters. The van der Waals surface area contributed by atoms with Crippen LogP contribution in [0.4, 0.5) is 5.69 Å². The minimum Gasteiger partial charge on any atom is -0.497 e. The molecule has 0 radical (unpaired) electrons. The third kappa shape index (κ3) is 3.32. The zero-order valence-corrected chi connectivity index (χ0v) is 17.2. The number of hydrogen-bond acceptors (Lipinski definition) is 6. The molecule has 0 bridgehead atoms. The maximum absolute atomic E-state index is 12.1. The van der Waals surface area contributed by atoms with Gasteiger partial charge in [0.15, 0.2) is 5.78 Å². The van der Waals surface area contributed by atoms with Crippen LogP contribution in [0.1, 0.15) is 16.6 Å². The van der Waals surface area contributed by atoms with Crippen LogP contribution in [0.2, 0.25) is 0 Å². The minimum absolute atomic E-state index is 0.0648. The van der Waals surface area contributed by atoms with Crippen LogP contribution in [0.5, 0.6) is 11.5 Å². The summed E-state index contributed by atoms with van der Waals surface area (Å²) in [6, 6.07) is 17.5. The molecule has 146 valence electrons. The molecule has 0 saturated carbocycles. The average Bonchev–Trinajstić information content (AvgIpc) is 3.10. The van der Waals surface area contributed by atoms with Crippen LogP contribution >= 0.6 is 11.3 Å². The van der Waals surface area contributed by atoms with Gasteiger partial charge in [0.1, 0.15) is 16.3 Å². The van der Waals surface area contributed by atoms with Crippen molar-refractivity contribution in [1.29, 1.82) is 0 Å². The number of carbonyl (C=O) groups excluding carboxylic acids is 1. The number of ether oxygens (including phenoxy) is 2. The van der Waals surface area contributed by atoms with Gasteiger partial charge in [-0.05, 0) is 35.4 Å². The number of methoxy groups -OCH3 is 2. The molecule has 2 heterocycles. The van der Waals surface area contributed by atoms with E-state index in [-0.39, 0.29) is 5.78 Å². The van der Waals surface area contributed by atoms with Gasteiger partial charge in [-0.2, -0.15) is 0 Å². The van der Waals surface area contributed by atoms with Crippen molar-refractivity contribution in [2.45, 2.75) is 6.92 Å². The Hall–Kier alpha value is -3.38. The van der Waals surface area contributed by atoms with Crippen molar-refractivity contribution in [2.24, 2.45) is 0 Å². The van der Waals surface area contributed by atoms with Gasteiger partial charge in [-0.25, -0.2) is 4.98 Å². The third-order valence-corrected chi connectivity index (χ3v) is 5.99. The Kier molecular flexibility index (Phi) is 4.94. The molecule has 2 N–H and O–H groups in total. The van der Waals surface area contributed by atoms with Crippen LogP contribution in [0.25, 0.3) is 32.6 Å². The molecule has 0 aliphatic carbocycles. The third-order valence-electron chi connectivity index (χ3n) is 4.79. The molecule has 0 saturated heterocycles. The van der Waals surface area contributed by atoms with Crippen LogP contribution in [-0.4, -0.2) is 25.0 Å². The zero-order chi connectivity index (χ0) is 20.5. The molecule has 4 aromatic rings. The van der Waals surface area contributed by atoms with Gasteiger partial charge in [-0.1, -0.05) is 30.3 Å². The first kappa shape index (κ1) is 19.0. The Morgan fingerprint density at radius 1 is 1.00 bits per heavy atom. The first-order valence-electron chi connectivity index (χ1n) is 9.05. The van der Waals surface area contributed by atoms with Crippen molar-refractivity contribution >= 4 is 33.0 Å².